The van der Waals surface area contributed by atoms with Crippen LogP contribution in [0.4, 0.5) is 4.39 Å². The summed E-state index contributed by atoms with van der Waals surface area (Å²) in [5, 5.41) is 0.801. The number of nitrogens with zero attached hydrogens (tertiary/aromatic N) is 2. The zero-order chi connectivity index (χ0) is 24.7. The largest absolute Gasteiger partial charge is 0.488 e. The fourth-order valence-electron chi connectivity index (χ4n) is 4.43. The van der Waals surface area contributed by atoms with Crippen molar-refractivity contribution in [3.63, 3.8) is 0 Å². The van der Waals surface area contributed by atoms with E-state index in [0.717, 1.165) is 33.3 Å². The van der Waals surface area contributed by atoms with E-state index >= 15 is 0 Å². The predicted octanol–water partition coefficient (Wildman–Crippen LogP) is 4.85. The molecule has 0 radical (unpaired) electrons. The summed E-state index contributed by atoms with van der Waals surface area (Å²) in [4.78, 5) is 4.69. The predicted molar refractivity (Wildman–Crippen MR) is 134 cm³/mol. The van der Waals surface area contributed by atoms with Gasteiger partial charge in [-0.25, -0.2) is 17.8 Å². The summed E-state index contributed by atoms with van der Waals surface area (Å²) in [5.41, 5.74) is 2.38. The molecule has 3 aromatic carbocycles. The molecule has 0 N–H and O–H groups in total. The fourth-order valence-corrected chi connectivity index (χ4v) is 6.82. The Balaban J connectivity index is 1.43. The minimum absolute atomic E-state index is 0.0600. The zero-order valence-corrected chi connectivity index (χ0v) is 20.9. The average Bonchev–Trinajstić information content (AvgIpc) is 3.49. The maximum Gasteiger partial charge on any atom is 0.243 e. The van der Waals surface area contributed by atoms with Crippen molar-refractivity contribution in [3.8, 4) is 22.1 Å². The van der Waals surface area contributed by atoms with Gasteiger partial charge in [0.05, 0.1) is 28.3 Å². The smallest absolute Gasteiger partial charge is 0.243 e. The first-order chi connectivity index (χ1) is 17.5. The number of sulfonamides is 1. The molecule has 3 heterocycles. The first kappa shape index (κ1) is 23.4. The minimum Gasteiger partial charge on any atom is -0.488 e. The Hall–Kier alpha value is -3.05. The van der Waals surface area contributed by atoms with Crippen LogP contribution in [0, 0.1) is 5.82 Å². The van der Waals surface area contributed by atoms with Crippen LogP contribution in [0.5, 0.6) is 11.5 Å². The molecule has 2 aliphatic rings. The monoisotopic (exact) mass is 526 g/mol. The molecule has 0 bridgehead atoms. The first-order valence-corrected chi connectivity index (χ1v) is 13.9. The van der Waals surface area contributed by atoms with Crippen LogP contribution in [-0.4, -0.2) is 50.2 Å². The van der Waals surface area contributed by atoms with Crippen molar-refractivity contribution in [1.82, 2.24) is 9.29 Å². The third kappa shape index (κ3) is 4.45. The van der Waals surface area contributed by atoms with Gasteiger partial charge in [-0.05, 0) is 42.5 Å². The van der Waals surface area contributed by atoms with Gasteiger partial charge in [-0.3, -0.25) is 0 Å². The summed E-state index contributed by atoms with van der Waals surface area (Å²) in [6, 6.07) is 16.8. The topological polar surface area (TPSA) is 78.0 Å². The van der Waals surface area contributed by atoms with Crippen molar-refractivity contribution in [2.24, 2.45) is 0 Å². The van der Waals surface area contributed by atoms with E-state index in [2.05, 4.69) is 0 Å². The molecule has 4 aromatic rings. The molecule has 1 atom stereocenters. The lowest BCUT2D eigenvalue weighted by atomic mass is 10.1. The Morgan fingerprint density at radius 3 is 2.78 bits per heavy atom. The van der Waals surface area contributed by atoms with Gasteiger partial charge in [0.15, 0.2) is 11.5 Å². The van der Waals surface area contributed by atoms with Gasteiger partial charge < -0.3 is 14.2 Å². The number of ether oxygens (including phenoxy) is 3. The lowest BCUT2D eigenvalue weighted by Gasteiger charge is -2.20. The molecule has 1 unspecified atom stereocenters. The normalized spacial score (nSPS) is 18.5. The van der Waals surface area contributed by atoms with Crippen LogP contribution in [0.25, 0.3) is 20.8 Å². The van der Waals surface area contributed by atoms with E-state index in [4.69, 9.17) is 19.2 Å². The SMILES string of the molecule is O=S(=O)(c1cccc(F)c1)N1CCOc2c(cc(-c3nc4ccccc4s3)cc2OC2CCOC2)C1. The third-order valence-electron chi connectivity index (χ3n) is 6.22. The number of fused-ring (bicyclic) bond motifs is 2. The molecule has 7 nitrogen and oxygen atoms in total. The molecule has 1 fully saturated rings. The Labute approximate surface area is 212 Å². The van der Waals surface area contributed by atoms with Crippen LogP contribution in [0.3, 0.4) is 0 Å². The molecule has 0 amide bonds. The second-order valence-electron chi connectivity index (χ2n) is 8.70. The highest BCUT2D eigenvalue weighted by Gasteiger charge is 2.31. The van der Waals surface area contributed by atoms with Crippen LogP contribution in [0.2, 0.25) is 0 Å². The van der Waals surface area contributed by atoms with Gasteiger partial charge in [0, 0.05) is 30.6 Å². The van der Waals surface area contributed by atoms with Gasteiger partial charge in [0.25, 0.3) is 0 Å². The van der Waals surface area contributed by atoms with Gasteiger partial charge in [-0.15, -0.1) is 11.3 Å². The Morgan fingerprint density at radius 1 is 1.08 bits per heavy atom. The van der Waals surface area contributed by atoms with Crippen molar-refractivity contribution in [2.45, 2.75) is 24.0 Å². The lowest BCUT2D eigenvalue weighted by Crippen LogP contribution is -2.32. The van der Waals surface area contributed by atoms with E-state index in [-0.39, 0.29) is 30.7 Å². The quantitative estimate of drug-likeness (QED) is 0.370. The Kier molecular flexibility index (Phi) is 6.12. The molecule has 0 saturated carbocycles. The van der Waals surface area contributed by atoms with Crippen LogP contribution in [-0.2, 0) is 21.3 Å². The van der Waals surface area contributed by atoms with E-state index < -0.39 is 15.8 Å². The summed E-state index contributed by atoms with van der Waals surface area (Å²) in [7, 11) is -3.94. The Bertz CT molecular complexity index is 1500. The van der Waals surface area contributed by atoms with Crippen LogP contribution < -0.4 is 9.47 Å². The average molecular weight is 527 g/mol. The number of rotatable bonds is 5. The van der Waals surface area contributed by atoms with Crippen molar-refractivity contribution >= 4 is 31.6 Å². The van der Waals surface area contributed by atoms with Gasteiger partial charge in [-0.1, -0.05) is 18.2 Å². The molecule has 1 aromatic heterocycles. The molecule has 2 aliphatic heterocycles. The summed E-state index contributed by atoms with van der Waals surface area (Å²) >= 11 is 1.56. The van der Waals surface area contributed by atoms with Gasteiger partial charge >= 0.3 is 0 Å². The fraction of sp³-hybridized carbons (Fsp3) is 0.269. The van der Waals surface area contributed by atoms with Crippen molar-refractivity contribution in [1.29, 1.82) is 0 Å². The molecule has 186 valence electrons. The molecule has 1 saturated heterocycles. The van der Waals surface area contributed by atoms with Crippen LogP contribution in [0.15, 0.2) is 65.6 Å². The Morgan fingerprint density at radius 2 is 1.97 bits per heavy atom. The van der Waals surface area contributed by atoms with Crippen molar-refractivity contribution in [2.75, 3.05) is 26.4 Å². The number of hydrogen-bond donors (Lipinski definition) is 0. The van der Waals surface area contributed by atoms with Gasteiger partial charge in [0.1, 0.15) is 23.5 Å². The van der Waals surface area contributed by atoms with Gasteiger partial charge in [0.2, 0.25) is 10.0 Å². The number of para-hydroxylation sites is 1. The van der Waals surface area contributed by atoms with Crippen LogP contribution in [0.1, 0.15) is 12.0 Å². The second kappa shape index (κ2) is 9.44. The van der Waals surface area contributed by atoms with E-state index in [9.17, 15) is 12.8 Å². The van der Waals surface area contributed by atoms with Crippen molar-refractivity contribution < 1.29 is 27.0 Å². The minimum atomic E-state index is -3.94. The number of halogens is 1. The maximum absolute atomic E-state index is 13.8. The molecule has 6 rings (SSSR count). The standard InChI is InChI=1S/C26H23FN2O5S2/c27-19-4-3-5-21(14-19)36(30,31)29-9-11-33-25-18(15-29)12-17(13-23(25)34-20-8-10-32-16-20)26-28-22-6-1-2-7-24(22)35-26/h1-7,12-14,20H,8-11,15-16H2. The molecule has 10 heteroatoms. The van der Waals surface area contributed by atoms with E-state index in [1.54, 1.807) is 11.3 Å². The number of benzene rings is 3. The first-order valence-electron chi connectivity index (χ1n) is 11.6. The second-order valence-corrected chi connectivity index (χ2v) is 11.7. The number of aromatic nitrogens is 1. The number of hydrogen-bond acceptors (Lipinski definition) is 7. The van der Waals surface area contributed by atoms with Crippen LogP contribution >= 0.6 is 11.3 Å². The molecule has 36 heavy (non-hydrogen) atoms. The van der Waals surface area contributed by atoms with E-state index in [1.165, 1.54) is 22.5 Å². The maximum atomic E-state index is 13.8. The summed E-state index contributed by atoms with van der Waals surface area (Å²) < 4.78 is 60.8. The highest BCUT2D eigenvalue weighted by molar-refractivity contribution is 7.89. The summed E-state index contributed by atoms with van der Waals surface area (Å²) in [6.07, 6.45) is 0.652. The molecule has 0 spiro atoms. The molecular formula is C26H23FN2O5S2. The van der Waals surface area contributed by atoms with Gasteiger partial charge in [-0.2, -0.15) is 4.31 Å². The number of thiazole rings is 1. The van der Waals surface area contributed by atoms with E-state index in [1.807, 2.05) is 36.4 Å². The lowest BCUT2D eigenvalue weighted by molar-refractivity contribution is 0.137. The zero-order valence-electron chi connectivity index (χ0n) is 19.2. The summed E-state index contributed by atoms with van der Waals surface area (Å²) in [5.74, 6) is 0.459. The molecule has 0 aliphatic carbocycles. The molecular weight excluding hydrogens is 503 g/mol. The highest BCUT2D eigenvalue weighted by atomic mass is 32.2. The van der Waals surface area contributed by atoms with Crippen molar-refractivity contribution in [3.05, 3.63) is 72.0 Å². The van der Waals surface area contributed by atoms with E-state index in [0.29, 0.717) is 30.3 Å². The summed E-state index contributed by atoms with van der Waals surface area (Å²) in [6.45, 7) is 1.44. The highest BCUT2D eigenvalue weighted by Crippen LogP contribution is 2.42. The third-order valence-corrected chi connectivity index (χ3v) is 9.15.